The SMILES string of the molecule is CC1CCC(NC(=O)c2ccn(-c3ccc([N+](=O)[O-])cc3)n2)(C(=O)O)CC1. The van der Waals surface area contributed by atoms with Crippen LogP contribution in [0, 0.1) is 16.0 Å². The van der Waals surface area contributed by atoms with Gasteiger partial charge in [-0.1, -0.05) is 6.92 Å². The Hall–Kier alpha value is -3.23. The number of nitrogens with one attached hydrogen (secondary N) is 1. The van der Waals surface area contributed by atoms with Gasteiger partial charge in [0.15, 0.2) is 5.69 Å². The first-order valence-electron chi connectivity index (χ1n) is 8.67. The second kappa shape index (κ2) is 7.18. The van der Waals surface area contributed by atoms with Crippen molar-refractivity contribution in [3.8, 4) is 5.69 Å². The normalized spacial score (nSPS) is 22.2. The monoisotopic (exact) mass is 372 g/mol. The van der Waals surface area contributed by atoms with Crippen LogP contribution < -0.4 is 5.32 Å². The number of carboxylic acid groups (broad SMARTS) is 1. The smallest absolute Gasteiger partial charge is 0.329 e. The highest BCUT2D eigenvalue weighted by Gasteiger charge is 2.42. The first kappa shape index (κ1) is 18.6. The van der Waals surface area contributed by atoms with Gasteiger partial charge < -0.3 is 10.4 Å². The molecule has 0 bridgehead atoms. The predicted molar refractivity (Wildman–Crippen MR) is 95.7 cm³/mol. The Morgan fingerprint density at radius 3 is 2.44 bits per heavy atom. The third-order valence-electron chi connectivity index (χ3n) is 5.04. The maximum atomic E-state index is 12.6. The predicted octanol–water partition coefficient (Wildman–Crippen LogP) is 2.54. The average Bonchev–Trinajstić information content (AvgIpc) is 3.14. The van der Waals surface area contributed by atoms with Crippen molar-refractivity contribution in [1.29, 1.82) is 0 Å². The molecule has 2 aromatic rings. The molecule has 3 rings (SSSR count). The quantitative estimate of drug-likeness (QED) is 0.613. The van der Waals surface area contributed by atoms with Crippen molar-refractivity contribution in [2.75, 3.05) is 0 Å². The number of hydrogen-bond acceptors (Lipinski definition) is 5. The van der Waals surface area contributed by atoms with Crippen molar-refractivity contribution >= 4 is 17.6 Å². The number of aliphatic carboxylic acids is 1. The van der Waals surface area contributed by atoms with E-state index >= 15 is 0 Å². The van der Waals surface area contributed by atoms with Crippen LogP contribution >= 0.6 is 0 Å². The molecular weight excluding hydrogens is 352 g/mol. The lowest BCUT2D eigenvalue weighted by Crippen LogP contribution is -2.56. The van der Waals surface area contributed by atoms with E-state index in [1.165, 1.54) is 35.0 Å². The number of nitro groups is 1. The average molecular weight is 372 g/mol. The largest absolute Gasteiger partial charge is 0.480 e. The molecule has 1 amide bonds. The van der Waals surface area contributed by atoms with Crippen molar-refractivity contribution in [3.05, 3.63) is 52.3 Å². The number of carbonyl (C=O) groups is 2. The van der Waals surface area contributed by atoms with Gasteiger partial charge in [0, 0.05) is 18.3 Å². The molecule has 1 fully saturated rings. The number of hydrogen-bond donors (Lipinski definition) is 2. The summed E-state index contributed by atoms with van der Waals surface area (Å²) in [5, 5.41) is 27.2. The van der Waals surface area contributed by atoms with Crippen molar-refractivity contribution in [2.45, 2.75) is 38.1 Å². The zero-order valence-electron chi connectivity index (χ0n) is 14.8. The number of benzene rings is 1. The van der Waals surface area contributed by atoms with E-state index in [2.05, 4.69) is 17.3 Å². The van der Waals surface area contributed by atoms with Crippen molar-refractivity contribution in [1.82, 2.24) is 15.1 Å². The Kier molecular flexibility index (Phi) is 4.93. The van der Waals surface area contributed by atoms with Gasteiger partial charge in [-0.15, -0.1) is 0 Å². The minimum Gasteiger partial charge on any atom is -0.480 e. The summed E-state index contributed by atoms with van der Waals surface area (Å²) in [6.07, 6.45) is 3.80. The molecule has 1 aliphatic carbocycles. The van der Waals surface area contributed by atoms with Crippen LogP contribution in [0.15, 0.2) is 36.5 Å². The molecule has 9 heteroatoms. The first-order valence-corrected chi connectivity index (χ1v) is 8.67. The lowest BCUT2D eigenvalue weighted by atomic mass is 9.77. The summed E-state index contributed by atoms with van der Waals surface area (Å²) in [6.45, 7) is 2.07. The van der Waals surface area contributed by atoms with Gasteiger partial charge in [-0.25, -0.2) is 9.48 Å². The molecule has 1 heterocycles. The van der Waals surface area contributed by atoms with Crippen LogP contribution in [-0.4, -0.2) is 37.2 Å². The van der Waals surface area contributed by atoms with E-state index in [4.69, 9.17) is 0 Å². The number of carbonyl (C=O) groups excluding carboxylic acids is 1. The highest BCUT2D eigenvalue weighted by atomic mass is 16.6. The molecule has 2 N–H and O–H groups in total. The highest BCUT2D eigenvalue weighted by Crippen LogP contribution is 2.32. The van der Waals surface area contributed by atoms with Crippen LogP contribution in [0.5, 0.6) is 0 Å². The number of nitrogens with zero attached hydrogens (tertiary/aromatic N) is 3. The fourth-order valence-corrected chi connectivity index (χ4v) is 3.24. The molecule has 0 unspecified atom stereocenters. The Labute approximate surface area is 155 Å². The maximum absolute atomic E-state index is 12.6. The topological polar surface area (TPSA) is 127 Å². The Morgan fingerprint density at radius 2 is 1.89 bits per heavy atom. The summed E-state index contributed by atoms with van der Waals surface area (Å²) < 4.78 is 1.41. The Bertz CT molecular complexity index is 866. The molecule has 0 atom stereocenters. The van der Waals surface area contributed by atoms with E-state index in [1.807, 2.05) is 0 Å². The molecule has 0 aliphatic heterocycles. The summed E-state index contributed by atoms with van der Waals surface area (Å²) in [6, 6.07) is 7.22. The number of carboxylic acids is 1. The molecule has 1 aromatic heterocycles. The van der Waals surface area contributed by atoms with Gasteiger partial charge in [-0.3, -0.25) is 14.9 Å². The van der Waals surface area contributed by atoms with Crippen molar-refractivity contribution < 1.29 is 19.6 Å². The minimum atomic E-state index is -1.26. The van der Waals surface area contributed by atoms with Crippen LogP contribution in [0.3, 0.4) is 0 Å². The Morgan fingerprint density at radius 1 is 1.26 bits per heavy atom. The van der Waals surface area contributed by atoms with Crippen LogP contribution in [-0.2, 0) is 4.79 Å². The molecule has 0 radical (unpaired) electrons. The molecule has 27 heavy (non-hydrogen) atoms. The number of non-ortho nitro benzene ring substituents is 1. The van der Waals surface area contributed by atoms with E-state index in [9.17, 15) is 24.8 Å². The van der Waals surface area contributed by atoms with E-state index in [0.29, 0.717) is 24.4 Å². The van der Waals surface area contributed by atoms with E-state index in [-0.39, 0.29) is 11.4 Å². The second-order valence-corrected chi connectivity index (χ2v) is 6.94. The standard InChI is InChI=1S/C18H20N4O5/c1-12-6-9-18(10-7-12,17(24)25)19-16(23)15-8-11-21(20-15)13-2-4-14(5-3-13)22(26)27/h2-5,8,11-12H,6-7,9-10H2,1H3,(H,19,23)(H,24,25). The second-order valence-electron chi connectivity index (χ2n) is 6.94. The third kappa shape index (κ3) is 3.81. The molecule has 1 aliphatic rings. The van der Waals surface area contributed by atoms with Gasteiger partial charge in [0.25, 0.3) is 11.6 Å². The van der Waals surface area contributed by atoms with Crippen LogP contribution in [0.25, 0.3) is 5.69 Å². The number of amides is 1. The molecule has 9 nitrogen and oxygen atoms in total. The van der Waals surface area contributed by atoms with Gasteiger partial charge >= 0.3 is 5.97 Å². The van der Waals surface area contributed by atoms with Crippen molar-refractivity contribution in [3.63, 3.8) is 0 Å². The van der Waals surface area contributed by atoms with E-state index < -0.39 is 22.3 Å². The first-order chi connectivity index (χ1) is 12.8. The molecule has 1 saturated carbocycles. The molecule has 0 spiro atoms. The molecule has 142 valence electrons. The number of aromatic nitrogens is 2. The van der Waals surface area contributed by atoms with E-state index in [0.717, 1.165) is 12.8 Å². The molecule has 1 aromatic carbocycles. The summed E-state index contributed by atoms with van der Waals surface area (Å²) in [7, 11) is 0. The zero-order valence-corrected chi connectivity index (χ0v) is 14.8. The van der Waals surface area contributed by atoms with Gasteiger partial charge in [0.1, 0.15) is 5.54 Å². The summed E-state index contributed by atoms with van der Waals surface area (Å²) in [5.74, 6) is -1.14. The minimum absolute atomic E-state index is 0.0428. The summed E-state index contributed by atoms with van der Waals surface area (Å²) >= 11 is 0. The summed E-state index contributed by atoms with van der Waals surface area (Å²) in [5.41, 5.74) is -0.661. The van der Waals surface area contributed by atoms with Gasteiger partial charge in [0.2, 0.25) is 0 Å². The molecule has 0 saturated heterocycles. The lowest BCUT2D eigenvalue weighted by molar-refractivity contribution is -0.384. The van der Waals surface area contributed by atoms with Crippen molar-refractivity contribution in [2.24, 2.45) is 5.92 Å². The Balaban J connectivity index is 1.76. The van der Waals surface area contributed by atoms with Crippen LogP contribution in [0.2, 0.25) is 0 Å². The van der Waals surface area contributed by atoms with Gasteiger partial charge in [0.05, 0.1) is 10.6 Å². The number of nitro benzene ring substituents is 1. The fraction of sp³-hybridized carbons (Fsp3) is 0.389. The summed E-state index contributed by atoms with van der Waals surface area (Å²) in [4.78, 5) is 34.5. The highest BCUT2D eigenvalue weighted by molar-refractivity contribution is 5.96. The van der Waals surface area contributed by atoms with Crippen LogP contribution in [0.4, 0.5) is 5.69 Å². The van der Waals surface area contributed by atoms with Gasteiger partial charge in [-0.05, 0) is 49.8 Å². The molecular formula is C18H20N4O5. The van der Waals surface area contributed by atoms with Gasteiger partial charge in [-0.2, -0.15) is 5.10 Å². The third-order valence-corrected chi connectivity index (χ3v) is 5.04. The fourth-order valence-electron chi connectivity index (χ4n) is 3.24. The zero-order chi connectivity index (χ0) is 19.6. The van der Waals surface area contributed by atoms with Crippen LogP contribution in [0.1, 0.15) is 43.1 Å². The van der Waals surface area contributed by atoms with E-state index in [1.54, 1.807) is 6.20 Å². The maximum Gasteiger partial charge on any atom is 0.329 e. The lowest BCUT2D eigenvalue weighted by Gasteiger charge is -2.36. The number of rotatable bonds is 5.